The fraction of sp³-hybridized carbons (Fsp3) is 0.108. The van der Waals surface area contributed by atoms with Crippen LogP contribution in [0.25, 0.3) is 26.7 Å². The summed E-state index contributed by atoms with van der Waals surface area (Å²) < 4.78 is 108. The Bertz CT molecular complexity index is 3500. The third kappa shape index (κ3) is 10.0. The maximum absolute atomic E-state index is 13.2. The molecule has 0 bridgehead atoms. The number of phenolic OH excluding ortho intramolecular Hbond substituents is 1. The molecule has 5 aromatic carbocycles. The third-order valence-electron chi connectivity index (χ3n) is 8.92. The van der Waals surface area contributed by atoms with E-state index in [1.165, 1.54) is 41.7 Å². The number of para-hydroxylation sites is 1. The summed E-state index contributed by atoms with van der Waals surface area (Å²) >= 11 is 1.32. The molecule has 0 aliphatic rings. The third-order valence-corrected chi connectivity index (χ3v) is 12.4. The molecule has 0 spiro atoms. The predicted octanol–water partition coefficient (Wildman–Crippen LogP) is 8.04. The molecule has 0 radical (unpaired) electrons. The average Bonchev–Trinajstić information content (AvgIpc) is 3.82. The van der Waals surface area contributed by atoms with Crippen molar-refractivity contribution < 1.29 is 58.7 Å². The number of ether oxygens (including phenoxy) is 1. The Morgan fingerprint density at radius 2 is 1.45 bits per heavy atom. The number of H-pyrrole nitrogens is 1. The quantitative estimate of drug-likeness (QED) is 0.0322. The zero-order valence-corrected chi connectivity index (χ0v) is 35.6. The summed E-state index contributed by atoms with van der Waals surface area (Å²) in [4.78, 5) is 27.5. The molecule has 0 amide bonds. The number of carboxylic acids is 1. The van der Waals surface area contributed by atoms with Crippen molar-refractivity contribution in [1.29, 1.82) is 0 Å². The Labute approximate surface area is 364 Å². The molecule has 0 aliphatic carbocycles. The van der Waals surface area contributed by atoms with Crippen molar-refractivity contribution in [3.8, 4) is 17.2 Å². The van der Waals surface area contributed by atoms with Gasteiger partial charge in [0.1, 0.15) is 27.7 Å². The molecule has 0 saturated heterocycles. The van der Waals surface area contributed by atoms with Crippen molar-refractivity contribution in [2.45, 2.75) is 23.1 Å². The van der Waals surface area contributed by atoms with Gasteiger partial charge in [-0.15, -0.1) is 30.7 Å². The molecule has 6 N–H and O–H groups in total. The number of carboxylic acid groups (broad SMARTS) is 1. The van der Waals surface area contributed by atoms with Crippen LogP contribution < -0.4 is 10.3 Å². The van der Waals surface area contributed by atoms with Crippen LogP contribution in [0.3, 0.4) is 0 Å². The first kappa shape index (κ1) is 44.9. The topological polar surface area (TPSA) is 355 Å². The van der Waals surface area contributed by atoms with Crippen LogP contribution in [0.4, 0.5) is 33.6 Å². The van der Waals surface area contributed by atoms with Gasteiger partial charge in [0.15, 0.2) is 11.4 Å². The van der Waals surface area contributed by atoms with E-state index in [0.29, 0.717) is 27.1 Å². The minimum atomic E-state index is -5.13. The lowest BCUT2D eigenvalue weighted by molar-refractivity contribution is 0.0696. The molecule has 2 aromatic heterocycles. The Kier molecular flexibility index (Phi) is 12.3. The van der Waals surface area contributed by atoms with Gasteiger partial charge >= 0.3 is 5.97 Å². The highest BCUT2D eigenvalue weighted by atomic mass is 32.2. The molecule has 64 heavy (non-hydrogen) atoms. The number of nitrogens with zero attached hydrogens (tertiary/aromatic N) is 8. The van der Waals surface area contributed by atoms with Crippen LogP contribution in [0.2, 0.25) is 0 Å². The SMILES string of the molecule is Cc1cc(N=Nc2ccc3c(S(=O)(=O)O)c(N=Nc4c[nH]n(-c5cc(C(=O)O)cc(S(=O)(=O)O)c5)c4=O)ccc3c2O)c(OCCCS(=O)(=O)O)cc1N=Nc1nc2ccccc2s1. The van der Waals surface area contributed by atoms with E-state index in [2.05, 4.69) is 40.8 Å². The van der Waals surface area contributed by atoms with E-state index in [4.69, 9.17) is 9.29 Å². The highest BCUT2D eigenvalue weighted by Crippen LogP contribution is 2.43. The highest BCUT2D eigenvalue weighted by molar-refractivity contribution is 7.86. The van der Waals surface area contributed by atoms with Crippen LogP contribution in [0.5, 0.6) is 11.5 Å². The van der Waals surface area contributed by atoms with Gasteiger partial charge in [-0.05, 0) is 73.5 Å². The lowest BCUT2D eigenvalue weighted by atomic mass is 10.1. The molecule has 2 heterocycles. The fourth-order valence-electron chi connectivity index (χ4n) is 5.98. The van der Waals surface area contributed by atoms with Crippen molar-refractivity contribution in [1.82, 2.24) is 14.8 Å². The number of azo groups is 3. The zero-order chi connectivity index (χ0) is 46.1. The minimum Gasteiger partial charge on any atom is -0.505 e. The molecule has 0 saturated carbocycles. The second-order valence-corrected chi connectivity index (χ2v) is 18.7. The Hall–Kier alpha value is -7.14. The maximum atomic E-state index is 13.2. The lowest BCUT2D eigenvalue weighted by Gasteiger charge is -2.11. The largest absolute Gasteiger partial charge is 0.505 e. The number of hydrogen-bond donors (Lipinski definition) is 6. The number of rotatable bonds is 15. The number of aromatic hydroxyl groups is 1. The number of fused-ring (bicyclic) bond motifs is 2. The molecular weight excluding hydrogens is 923 g/mol. The first-order valence-corrected chi connectivity index (χ1v) is 23.2. The Morgan fingerprint density at radius 1 is 0.781 bits per heavy atom. The number of carbonyl (C=O) groups is 1. The van der Waals surface area contributed by atoms with E-state index in [1.807, 2.05) is 24.3 Å². The van der Waals surface area contributed by atoms with Gasteiger partial charge < -0.3 is 14.9 Å². The zero-order valence-electron chi connectivity index (χ0n) is 32.3. The van der Waals surface area contributed by atoms with Gasteiger partial charge in [-0.25, -0.2) is 14.5 Å². The van der Waals surface area contributed by atoms with Crippen LogP contribution in [0.15, 0.2) is 130 Å². The molecular formula is C37H29N9O14S4. The second-order valence-electron chi connectivity index (χ2n) is 13.4. The minimum absolute atomic E-state index is 0.0673. The number of thiazole rings is 1. The second kappa shape index (κ2) is 17.6. The number of aromatic carboxylic acids is 1. The van der Waals surface area contributed by atoms with Crippen molar-refractivity contribution >= 4 is 102 Å². The fourth-order valence-corrected chi connectivity index (χ4v) is 8.63. The molecule has 0 unspecified atom stereocenters. The van der Waals surface area contributed by atoms with Crippen molar-refractivity contribution in [2.24, 2.45) is 30.7 Å². The van der Waals surface area contributed by atoms with Crippen LogP contribution >= 0.6 is 11.3 Å². The Balaban J connectivity index is 1.20. The number of nitrogens with one attached hydrogen (secondary N) is 1. The monoisotopic (exact) mass is 951 g/mol. The summed E-state index contributed by atoms with van der Waals surface area (Å²) in [5, 5.41) is 47.6. The van der Waals surface area contributed by atoms with Gasteiger partial charge in [0.25, 0.3) is 35.9 Å². The maximum Gasteiger partial charge on any atom is 0.335 e. The van der Waals surface area contributed by atoms with Crippen molar-refractivity contribution in [2.75, 3.05) is 12.4 Å². The van der Waals surface area contributed by atoms with Crippen molar-refractivity contribution in [3.05, 3.63) is 107 Å². The number of hydrogen-bond acceptors (Lipinski definition) is 18. The lowest BCUT2D eigenvalue weighted by Crippen LogP contribution is -2.16. The molecule has 23 nitrogen and oxygen atoms in total. The van der Waals surface area contributed by atoms with Crippen LogP contribution in [0, 0.1) is 6.92 Å². The van der Waals surface area contributed by atoms with Gasteiger partial charge in [0.2, 0.25) is 5.13 Å². The highest BCUT2D eigenvalue weighted by Gasteiger charge is 2.23. The summed E-state index contributed by atoms with van der Waals surface area (Å²) in [6, 6.07) is 17.5. The van der Waals surface area contributed by atoms with Crippen LogP contribution in [-0.4, -0.2) is 82.2 Å². The first-order valence-electron chi connectivity index (χ1n) is 17.9. The molecule has 7 rings (SSSR count). The number of aryl methyl sites for hydroxylation is 1. The summed E-state index contributed by atoms with van der Waals surface area (Å²) in [6.07, 6.45) is 0.880. The van der Waals surface area contributed by atoms with E-state index in [-0.39, 0.29) is 46.6 Å². The average molecular weight is 952 g/mol. The summed E-state index contributed by atoms with van der Waals surface area (Å²) in [5.74, 6) is -2.68. The number of aromatic nitrogens is 3. The van der Waals surface area contributed by atoms with E-state index >= 15 is 0 Å². The normalized spacial score (nSPS) is 12.7. The number of benzene rings is 5. The smallest absolute Gasteiger partial charge is 0.335 e. The van der Waals surface area contributed by atoms with Gasteiger partial charge in [-0.2, -0.15) is 25.3 Å². The standard InChI is InChI=1S/C37H29N9O14S4/c1-19-13-29(31(60-11-4-12-62(51,52)53)17-28(19)42-45-37-39-25-5-2-3-6-32(25)61-37)43-40-26-9-8-24-23(33(26)47)7-10-27(34(24)64(57,58)59)41-44-30-18-38-46(35(30)48)21-14-20(36(49)50)15-22(16-21)63(54,55)56/h2-3,5-10,13-18,38,47H,4,11-12H2,1H3,(H,49,50)(H,51,52,53)(H,54,55,56)(H,57,58,59). The van der Waals surface area contributed by atoms with Gasteiger partial charge in [0.05, 0.1) is 50.6 Å². The first-order chi connectivity index (χ1) is 30.2. The predicted molar refractivity (Wildman–Crippen MR) is 228 cm³/mol. The van der Waals surface area contributed by atoms with Gasteiger partial charge in [-0.3, -0.25) is 23.6 Å². The molecule has 27 heteroatoms. The van der Waals surface area contributed by atoms with E-state index in [9.17, 15) is 54.2 Å². The molecule has 0 fully saturated rings. The summed E-state index contributed by atoms with van der Waals surface area (Å²) in [7, 11) is -14.3. The van der Waals surface area contributed by atoms with Gasteiger partial charge in [0, 0.05) is 16.8 Å². The Morgan fingerprint density at radius 3 is 2.16 bits per heavy atom. The van der Waals surface area contributed by atoms with Crippen LogP contribution in [-0.2, 0) is 30.4 Å². The summed E-state index contributed by atoms with van der Waals surface area (Å²) in [5.41, 5.74) is -1.40. The van der Waals surface area contributed by atoms with E-state index in [1.54, 1.807) is 6.92 Å². The number of phenols is 1. The molecule has 7 aromatic rings. The van der Waals surface area contributed by atoms with Crippen molar-refractivity contribution in [3.63, 3.8) is 0 Å². The van der Waals surface area contributed by atoms with E-state index in [0.717, 1.165) is 34.6 Å². The van der Waals surface area contributed by atoms with Crippen LogP contribution in [0.1, 0.15) is 22.3 Å². The summed E-state index contributed by atoms with van der Waals surface area (Å²) in [6.45, 7) is 1.51. The molecule has 0 aliphatic heterocycles. The molecule has 330 valence electrons. The van der Waals surface area contributed by atoms with Gasteiger partial charge in [-0.1, -0.05) is 29.5 Å². The van der Waals surface area contributed by atoms with E-state index < -0.39 is 80.1 Å². The number of aromatic amines is 1. The molecule has 0 atom stereocenters.